The van der Waals surface area contributed by atoms with Crippen molar-refractivity contribution in [3.05, 3.63) is 53.6 Å². The average molecular weight is 264 g/mol. The van der Waals surface area contributed by atoms with Crippen LogP contribution in [0, 0.1) is 11.6 Å². The minimum Gasteiger partial charge on any atom is -0.507 e. The Labute approximate surface area is 110 Å². The molecule has 0 saturated heterocycles. The molecule has 1 atom stereocenters. The van der Waals surface area contributed by atoms with Gasteiger partial charge in [-0.1, -0.05) is 19.1 Å². The van der Waals surface area contributed by atoms with E-state index in [2.05, 4.69) is 0 Å². The third-order valence-corrected chi connectivity index (χ3v) is 3.09. The van der Waals surface area contributed by atoms with Gasteiger partial charge < -0.3 is 10.2 Å². The molecule has 19 heavy (non-hydrogen) atoms. The minimum absolute atomic E-state index is 0.0380. The van der Waals surface area contributed by atoms with Crippen molar-refractivity contribution in [1.82, 2.24) is 0 Å². The number of aliphatic hydroxyl groups excluding tert-OH is 1. The van der Waals surface area contributed by atoms with Gasteiger partial charge in [-0.25, -0.2) is 8.78 Å². The van der Waals surface area contributed by atoms with Gasteiger partial charge in [0.05, 0.1) is 0 Å². The fourth-order valence-corrected chi connectivity index (χ4v) is 1.90. The fraction of sp³-hybridized carbons (Fsp3) is 0.200. The van der Waals surface area contributed by atoms with Gasteiger partial charge >= 0.3 is 0 Å². The van der Waals surface area contributed by atoms with E-state index in [0.717, 1.165) is 17.7 Å². The van der Waals surface area contributed by atoms with E-state index in [-0.39, 0.29) is 23.8 Å². The highest BCUT2D eigenvalue weighted by atomic mass is 19.1. The second-order valence-corrected chi connectivity index (χ2v) is 4.48. The highest BCUT2D eigenvalue weighted by molar-refractivity contribution is 5.71. The molecule has 2 aromatic rings. The highest BCUT2D eigenvalue weighted by Crippen LogP contribution is 2.33. The summed E-state index contributed by atoms with van der Waals surface area (Å²) >= 11 is 0. The summed E-state index contributed by atoms with van der Waals surface area (Å²) in [6.45, 7) is 1.77. The van der Waals surface area contributed by atoms with Crippen molar-refractivity contribution in [2.45, 2.75) is 12.8 Å². The van der Waals surface area contributed by atoms with Crippen LogP contribution in [-0.4, -0.2) is 16.8 Å². The zero-order valence-corrected chi connectivity index (χ0v) is 10.4. The van der Waals surface area contributed by atoms with E-state index in [1.54, 1.807) is 12.1 Å². The Kier molecular flexibility index (Phi) is 3.81. The first kappa shape index (κ1) is 13.5. The van der Waals surface area contributed by atoms with E-state index in [9.17, 15) is 13.9 Å². The molecule has 0 aliphatic rings. The smallest absolute Gasteiger partial charge is 0.134 e. The number of halogens is 2. The van der Waals surface area contributed by atoms with Gasteiger partial charge in [0.25, 0.3) is 0 Å². The van der Waals surface area contributed by atoms with Crippen molar-refractivity contribution in [1.29, 1.82) is 0 Å². The monoisotopic (exact) mass is 264 g/mol. The van der Waals surface area contributed by atoms with E-state index in [0.29, 0.717) is 5.56 Å². The zero-order valence-electron chi connectivity index (χ0n) is 10.4. The lowest BCUT2D eigenvalue weighted by Crippen LogP contribution is -1.98. The van der Waals surface area contributed by atoms with Crippen LogP contribution in [0.4, 0.5) is 8.78 Å². The van der Waals surface area contributed by atoms with E-state index in [4.69, 9.17) is 5.11 Å². The molecule has 0 aliphatic carbocycles. The molecule has 0 spiro atoms. The summed E-state index contributed by atoms with van der Waals surface area (Å²) in [5.41, 5.74) is 1.19. The van der Waals surface area contributed by atoms with E-state index < -0.39 is 11.6 Å². The number of phenolic OH excluding ortho intramolecular Hbond substituents is 1. The summed E-state index contributed by atoms with van der Waals surface area (Å²) in [6.07, 6.45) is 0. The molecule has 0 radical (unpaired) electrons. The van der Waals surface area contributed by atoms with Crippen molar-refractivity contribution in [2.75, 3.05) is 6.61 Å². The van der Waals surface area contributed by atoms with Crippen molar-refractivity contribution in [3.8, 4) is 16.9 Å². The standard InChI is InChI=1S/C15H14F2O2/c1-9(8-18)10-2-4-13(15(19)6-10)12-5-3-11(16)7-14(12)17/h2-7,9,18-19H,8H2,1H3. The summed E-state index contributed by atoms with van der Waals surface area (Å²) in [4.78, 5) is 0. The Morgan fingerprint density at radius 3 is 2.32 bits per heavy atom. The van der Waals surface area contributed by atoms with E-state index in [1.165, 1.54) is 12.1 Å². The predicted octanol–water partition coefficient (Wildman–Crippen LogP) is 3.43. The number of phenols is 1. The van der Waals surface area contributed by atoms with Crippen LogP contribution in [0.5, 0.6) is 5.75 Å². The summed E-state index contributed by atoms with van der Waals surface area (Å²) in [5, 5.41) is 19.0. The molecule has 2 N–H and O–H groups in total. The maximum absolute atomic E-state index is 13.7. The van der Waals surface area contributed by atoms with Crippen molar-refractivity contribution in [3.63, 3.8) is 0 Å². The topological polar surface area (TPSA) is 40.5 Å². The van der Waals surface area contributed by atoms with Gasteiger partial charge in [0.15, 0.2) is 0 Å². The minimum atomic E-state index is -0.724. The lowest BCUT2D eigenvalue weighted by molar-refractivity contribution is 0.273. The third kappa shape index (κ3) is 2.74. The number of hydrogen-bond acceptors (Lipinski definition) is 2. The highest BCUT2D eigenvalue weighted by Gasteiger charge is 2.13. The molecule has 1 unspecified atom stereocenters. The average Bonchev–Trinajstić information content (AvgIpc) is 2.38. The molecule has 0 heterocycles. The second kappa shape index (κ2) is 5.36. The fourth-order valence-electron chi connectivity index (χ4n) is 1.90. The summed E-state index contributed by atoms with van der Waals surface area (Å²) in [5.74, 6) is -1.59. The third-order valence-electron chi connectivity index (χ3n) is 3.09. The van der Waals surface area contributed by atoms with Crippen LogP contribution in [0.1, 0.15) is 18.4 Å². The number of aliphatic hydroxyl groups is 1. The summed E-state index contributed by atoms with van der Waals surface area (Å²) in [7, 11) is 0. The molecule has 2 aromatic carbocycles. The Balaban J connectivity index is 2.46. The molecule has 0 aromatic heterocycles. The largest absolute Gasteiger partial charge is 0.507 e. The number of rotatable bonds is 3. The number of hydrogen-bond donors (Lipinski definition) is 2. The van der Waals surface area contributed by atoms with Crippen LogP contribution < -0.4 is 0 Å². The SMILES string of the molecule is CC(CO)c1ccc(-c2ccc(F)cc2F)c(O)c1. The lowest BCUT2D eigenvalue weighted by Gasteiger charge is -2.12. The van der Waals surface area contributed by atoms with Crippen LogP contribution in [0.2, 0.25) is 0 Å². The molecule has 2 rings (SSSR count). The molecule has 0 aliphatic heterocycles. The van der Waals surface area contributed by atoms with Gasteiger partial charge in [-0.15, -0.1) is 0 Å². The molecule has 0 bridgehead atoms. The van der Waals surface area contributed by atoms with Crippen LogP contribution in [0.25, 0.3) is 11.1 Å². The molecule has 100 valence electrons. The maximum atomic E-state index is 13.7. The zero-order chi connectivity index (χ0) is 14.0. The maximum Gasteiger partial charge on any atom is 0.134 e. The van der Waals surface area contributed by atoms with Gasteiger partial charge in [0.1, 0.15) is 17.4 Å². The van der Waals surface area contributed by atoms with Crippen LogP contribution in [0.3, 0.4) is 0 Å². The first-order valence-corrected chi connectivity index (χ1v) is 5.92. The molecule has 2 nitrogen and oxygen atoms in total. The number of benzene rings is 2. The number of aromatic hydroxyl groups is 1. The Hall–Kier alpha value is -1.94. The summed E-state index contributed by atoms with van der Waals surface area (Å²) < 4.78 is 26.5. The first-order chi connectivity index (χ1) is 9.02. The van der Waals surface area contributed by atoms with Crippen LogP contribution >= 0.6 is 0 Å². The van der Waals surface area contributed by atoms with Crippen LogP contribution in [0.15, 0.2) is 36.4 Å². The molecule has 4 heteroatoms. The lowest BCUT2D eigenvalue weighted by atomic mass is 9.97. The summed E-state index contributed by atoms with van der Waals surface area (Å²) in [6, 6.07) is 7.96. The van der Waals surface area contributed by atoms with Gasteiger partial charge in [-0.3, -0.25) is 0 Å². The van der Waals surface area contributed by atoms with E-state index in [1.807, 2.05) is 6.92 Å². The van der Waals surface area contributed by atoms with Gasteiger partial charge in [-0.05, 0) is 23.8 Å². The van der Waals surface area contributed by atoms with Crippen molar-refractivity contribution in [2.24, 2.45) is 0 Å². The quantitative estimate of drug-likeness (QED) is 0.891. The Morgan fingerprint density at radius 1 is 1.05 bits per heavy atom. The van der Waals surface area contributed by atoms with Gasteiger partial charge in [0.2, 0.25) is 0 Å². The molecular weight excluding hydrogens is 250 g/mol. The normalized spacial score (nSPS) is 12.4. The van der Waals surface area contributed by atoms with Crippen molar-refractivity contribution < 1.29 is 19.0 Å². The van der Waals surface area contributed by atoms with Gasteiger partial charge in [0, 0.05) is 29.7 Å². The molecule has 0 saturated carbocycles. The molecular formula is C15H14F2O2. The van der Waals surface area contributed by atoms with E-state index >= 15 is 0 Å². The molecule has 0 amide bonds. The van der Waals surface area contributed by atoms with Gasteiger partial charge in [-0.2, -0.15) is 0 Å². The molecule has 0 fully saturated rings. The van der Waals surface area contributed by atoms with Crippen LogP contribution in [-0.2, 0) is 0 Å². The Bertz CT molecular complexity index is 597. The second-order valence-electron chi connectivity index (χ2n) is 4.48. The Morgan fingerprint density at radius 2 is 1.74 bits per heavy atom. The first-order valence-electron chi connectivity index (χ1n) is 5.92. The predicted molar refractivity (Wildman–Crippen MR) is 69.0 cm³/mol. The van der Waals surface area contributed by atoms with Crippen molar-refractivity contribution >= 4 is 0 Å².